The van der Waals surface area contributed by atoms with Gasteiger partial charge in [0, 0.05) is 34.4 Å². The summed E-state index contributed by atoms with van der Waals surface area (Å²) in [4.78, 5) is 88.7. The Kier molecular flexibility index (Phi) is 12.6. The van der Waals surface area contributed by atoms with Gasteiger partial charge in [0.15, 0.2) is 10.2 Å². The standard InChI is InChI=1S/C58H58N2O8S2/c1-31(61)69-41-19-15-37(16-20-41)59-51(63)43-29-46(68-40-27-35(57(9,10)11)24-36(28-40)58(12,13)14)50-48-44(52(64)60(54(50)66)38-17-21-42(22-18-38)70-32(2)62)30-45(49(47(43)48)53(59)65)67-39-25-33(55(3,4)5)23-34(26-39)56(6,7)8/h15-30H,1-14H3. The summed E-state index contributed by atoms with van der Waals surface area (Å²) in [5, 5.41) is -0.0804. The van der Waals surface area contributed by atoms with Gasteiger partial charge in [-0.25, -0.2) is 9.80 Å². The van der Waals surface area contributed by atoms with Crippen LogP contribution in [0.25, 0.3) is 10.8 Å². The summed E-state index contributed by atoms with van der Waals surface area (Å²) in [5.74, 6) is -2.07. The summed E-state index contributed by atoms with van der Waals surface area (Å²) in [5.41, 5.74) is 3.15. The maximum Gasteiger partial charge on any atom is 0.269 e. The number of amides is 4. The Labute approximate surface area is 418 Å². The van der Waals surface area contributed by atoms with Crippen LogP contribution in [0.2, 0.25) is 0 Å². The molecule has 0 aromatic heterocycles. The minimum Gasteiger partial charge on any atom is -0.456 e. The van der Waals surface area contributed by atoms with E-state index in [2.05, 4.69) is 95.2 Å². The fourth-order valence-corrected chi connectivity index (χ4v) is 9.80. The molecule has 0 N–H and O–H groups in total. The lowest BCUT2D eigenvalue weighted by Gasteiger charge is -2.34. The van der Waals surface area contributed by atoms with Crippen molar-refractivity contribution < 1.29 is 38.2 Å². The minimum atomic E-state index is -0.734. The molecule has 6 aromatic carbocycles. The quantitative estimate of drug-likeness (QED) is 0.107. The van der Waals surface area contributed by atoms with Crippen LogP contribution < -0.4 is 19.3 Å². The Bertz CT molecular complexity index is 2940. The molecule has 0 radical (unpaired) electrons. The fourth-order valence-electron chi connectivity index (χ4n) is 8.59. The van der Waals surface area contributed by atoms with Crippen LogP contribution in [-0.4, -0.2) is 33.9 Å². The van der Waals surface area contributed by atoms with Crippen LogP contribution in [0.3, 0.4) is 0 Å². The Balaban J connectivity index is 1.45. The number of thioether (sulfide) groups is 2. The van der Waals surface area contributed by atoms with Crippen LogP contribution in [0.15, 0.2) is 107 Å². The van der Waals surface area contributed by atoms with Crippen LogP contribution in [0, 0.1) is 0 Å². The van der Waals surface area contributed by atoms with Crippen LogP contribution in [0.5, 0.6) is 23.0 Å². The van der Waals surface area contributed by atoms with Gasteiger partial charge in [-0.1, -0.05) is 119 Å². The summed E-state index contributed by atoms with van der Waals surface area (Å²) in [6.07, 6.45) is 0. The number of carbonyl (C=O) groups excluding carboxylic acids is 6. The fraction of sp³-hybridized carbons (Fsp3) is 0.310. The van der Waals surface area contributed by atoms with E-state index in [0.717, 1.165) is 55.6 Å². The van der Waals surface area contributed by atoms with E-state index in [-0.39, 0.29) is 87.8 Å². The lowest BCUT2D eigenvalue weighted by molar-refractivity contribution is -0.109. The topological polar surface area (TPSA) is 127 Å². The van der Waals surface area contributed by atoms with E-state index in [4.69, 9.17) is 9.47 Å². The van der Waals surface area contributed by atoms with E-state index in [0.29, 0.717) is 21.3 Å². The number of benzene rings is 6. The summed E-state index contributed by atoms with van der Waals surface area (Å²) in [7, 11) is 0. The molecule has 70 heavy (non-hydrogen) atoms. The molecule has 10 nitrogen and oxygen atoms in total. The van der Waals surface area contributed by atoms with Crippen molar-refractivity contribution in [2.75, 3.05) is 9.80 Å². The zero-order chi connectivity index (χ0) is 51.2. The van der Waals surface area contributed by atoms with E-state index in [9.17, 15) is 9.59 Å². The SMILES string of the molecule is CC(=O)Sc1ccc(N2C(=O)c3cc(Oc4cc(C(C)(C)C)cc(C(C)(C)C)c4)c4c5c(cc(Oc6cc(C(C)(C)C)cc(C(C)(C)C)c6)c(c35)C2=O)C(=O)N(c2ccc(SC(C)=O)cc2)C4=O)cc1. The first-order chi connectivity index (χ1) is 32.5. The normalized spacial score (nSPS) is 14.1. The maximum atomic E-state index is 15.4. The van der Waals surface area contributed by atoms with Gasteiger partial charge in [0.05, 0.1) is 33.6 Å². The molecule has 2 aliphatic heterocycles. The molecule has 12 heteroatoms. The van der Waals surface area contributed by atoms with Crippen LogP contribution in [0.1, 0.15) is 161 Å². The second-order valence-electron chi connectivity index (χ2n) is 22.1. The summed E-state index contributed by atoms with van der Waals surface area (Å²) >= 11 is 2.05. The molecule has 0 fully saturated rings. The highest BCUT2D eigenvalue weighted by Gasteiger charge is 2.45. The number of hydrogen-bond donors (Lipinski definition) is 0. The Morgan fingerprint density at radius 3 is 0.957 bits per heavy atom. The molecule has 0 saturated heterocycles. The molecule has 0 saturated carbocycles. The molecule has 2 heterocycles. The third-order valence-electron chi connectivity index (χ3n) is 12.5. The number of nitrogens with zero attached hydrogens (tertiary/aromatic N) is 2. The van der Waals surface area contributed by atoms with E-state index in [1.165, 1.54) is 26.0 Å². The molecule has 0 atom stereocenters. The molecular formula is C58H58N2O8S2. The Morgan fingerprint density at radius 1 is 0.414 bits per heavy atom. The first-order valence-electron chi connectivity index (χ1n) is 23.2. The highest BCUT2D eigenvalue weighted by atomic mass is 32.2. The number of carbonyl (C=O) groups is 6. The largest absolute Gasteiger partial charge is 0.456 e. The van der Waals surface area contributed by atoms with Gasteiger partial charge >= 0.3 is 0 Å². The number of ether oxygens (including phenoxy) is 2. The third kappa shape index (κ3) is 9.55. The molecule has 0 unspecified atom stereocenters. The maximum absolute atomic E-state index is 15.4. The van der Waals surface area contributed by atoms with Crippen molar-refractivity contribution in [1.29, 1.82) is 0 Å². The van der Waals surface area contributed by atoms with E-state index < -0.39 is 23.6 Å². The molecule has 8 rings (SSSR count). The molecule has 6 aromatic rings. The average molecular weight is 975 g/mol. The summed E-state index contributed by atoms with van der Waals surface area (Å²) < 4.78 is 13.8. The van der Waals surface area contributed by atoms with Gasteiger partial charge in [0.25, 0.3) is 23.6 Å². The van der Waals surface area contributed by atoms with E-state index in [1.807, 2.05) is 24.3 Å². The van der Waals surface area contributed by atoms with Crippen molar-refractivity contribution in [2.45, 2.75) is 128 Å². The van der Waals surface area contributed by atoms with Crippen LogP contribution in [-0.2, 0) is 31.2 Å². The summed E-state index contributed by atoms with van der Waals surface area (Å²) in [6, 6.07) is 28.0. The highest BCUT2D eigenvalue weighted by molar-refractivity contribution is 8.13. The van der Waals surface area contributed by atoms with Gasteiger partial charge in [-0.2, -0.15) is 0 Å². The first-order valence-corrected chi connectivity index (χ1v) is 24.8. The monoisotopic (exact) mass is 974 g/mol. The molecular weight excluding hydrogens is 917 g/mol. The van der Waals surface area contributed by atoms with Crippen molar-refractivity contribution in [2.24, 2.45) is 0 Å². The zero-order valence-electron chi connectivity index (χ0n) is 42.2. The second kappa shape index (κ2) is 17.7. The van der Waals surface area contributed by atoms with Gasteiger partial charge in [0.1, 0.15) is 23.0 Å². The van der Waals surface area contributed by atoms with E-state index >= 15 is 19.2 Å². The van der Waals surface area contributed by atoms with Gasteiger partial charge in [-0.05, 0) is 129 Å². The van der Waals surface area contributed by atoms with Crippen molar-refractivity contribution >= 4 is 79.5 Å². The van der Waals surface area contributed by atoms with Crippen molar-refractivity contribution in [3.63, 3.8) is 0 Å². The number of imide groups is 2. The average Bonchev–Trinajstić information content (AvgIpc) is 3.24. The first kappa shape index (κ1) is 49.9. The van der Waals surface area contributed by atoms with Crippen LogP contribution in [0.4, 0.5) is 11.4 Å². The lowest BCUT2D eigenvalue weighted by atomic mass is 9.80. The number of anilines is 2. The van der Waals surface area contributed by atoms with Crippen molar-refractivity contribution in [3.8, 4) is 23.0 Å². The summed E-state index contributed by atoms with van der Waals surface area (Å²) in [6.45, 7) is 28.1. The molecule has 360 valence electrons. The smallest absolute Gasteiger partial charge is 0.269 e. The highest BCUT2D eigenvalue weighted by Crippen LogP contribution is 2.50. The zero-order valence-corrected chi connectivity index (χ0v) is 43.8. The van der Waals surface area contributed by atoms with Crippen molar-refractivity contribution in [3.05, 3.63) is 142 Å². The lowest BCUT2D eigenvalue weighted by Crippen LogP contribution is -2.44. The van der Waals surface area contributed by atoms with Gasteiger partial charge < -0.3 is 9.47 Å². The second-order valence-corrected chi connectivity index (χ2v) is 24.6. The third-order valence-corrected chi connectivity index (χ3v) is 14.1. The van der Waals surface area contributed by atoms with Gasteiger partial charge in [0.2, 0.25) is 0 Å². The predicted octanol–water partition coefficient (Wildman–Crippen LogP) is 14.5. The van der Waals surface area contributed by atoms with Crippen LogP contribution >= 0.6 is 23.5 Å². The van der Waals surface area contributed by atoms with Gasteiger partial charge in [-0.3, -0.25) is 28.8 Å². The predicted molar refractivity (Wildman–Crippen MR) is 280 cm³/mol. The number of hydrogen-bond acceptors (Lipinski definition) is 10. The molecule has 4 amide bonds. The number of rotatable bonds is 8. The van der Waals surface area contributed by atoms with E-state index in [1.54, 1.807) is 48.5 Å². The Hall–Kier alpha value is -6.50. The molecule has 2 aliphatic rings. The minimum absolute atomic E-state index is 0.00379. The molecule has 0 spiro atoms. The Morgan fingerprint density at radius 2 is 0.700 bits per heavy atom. The van der Waals surface area contributed by atoms with Gasteiger partial charge in [-0.15, -0.1) is 0 Å². The molecule has 0 aliphatic carbocycles. The molecule has 0 bridgehead atoms. The van der Waals surface area contributed by atoms with Crippen molar-refractivity contribution in [1.82, 2.24) is 0 Å².